The van der Waals surface area contributed by atoms with E-state index in [2.05, 4.69) is 0 Å². The van der Waals surface area contributed by atoms with Crippen molar-refractivity contribution in [1.82, 2.24) is 4.90 Å². The summed E-state index contributed by atoms with van der Waals surface area (Å²) in [4.78, 5) is 22.8. The molecule has 0 aromatic heterocycles. The molecule has 0 aliphatic carbocycles. The minimum atomic E-state index is -0.242. The van der Waals surface area contributed by atoms with Crippen molar-refractivity contribution in [2.75, 3.05) is 0 Å². The van der Waals surface area contributed by atoms with Crippen molar-refractivity contribution in [1.29, 1.82) is 0 Å². The van der Waals surface area contributed by atoms with E-state index in [1.165, 1.54) is 13.8 Å². The van der Waals surface area contributed by atoms with Gasteiger partial charge in [0, 0.05) is 19.5 Å². The zero-order valence-corrected chi connectivity index (χ0v) is 7.34. The highest BCUT2D eigenvalue weighted by molar-refractivity contribution is 5.94. The maximum absolute atomic E-state index is 10.8. The predicted molar refractivity (Wildman–Crippen MR) is 42.6 cm³/mol. The molecule has 0 atom stereocenters. The van der Waals surface area contributed by atoms with E-state index >= 15 is 0 Å². The van der Waals surface area contributed by atoms with Gasteiger partial charge in [-0.05, 0) is 13.8 Å². The van der Waals surface area contributed by atoms with Gasteiger partial charge in [-0.2, -0.15) is 0 Å². The lowest BCUT2D eigenvalue weighted by Gasteiger charge is -2.16. The van der Waals surface area contributed by atoms with Gasteiger partial charge in [0.2, 0.25) is 11.8 Å². The predicted octanol–water partition coefficient (Wildman–Crippen LogP) is 1.31. The van der Waals surface area contributed by atoms with E-state index in [1.54, 1.807) is 19.9 Å². The number of hydrogen-bond acceptors (Lipinski definition) is 2. The lowest BCUT2D eigenvalue weighted by atomic mass is 10.3. The van der Waals surface area contributed by atoms with E-state index in [0.29, 0.717) is 5.70 Å². The fourth-order valence-electron chi connectivity index (χ4n) is 0.848. The number of hydrogen-bond donors (Lipinski definition) is 0. The Hall–Kier alpha value is -1.12. The van der Waals surface area contributed by atoms with Crippen LogP contribution in [0.15, 0.2) is 11.8 Å². The van der Waals surface area contributed by atoms with Crippen molar-refractivity contribution < 1.29 is 9.59 Å². The first-order chi connectivity index (χ1) is 5.00. The molecule has 0 fully saturated rings. The average molecular weight is 155 g/mol. The quantitative estimate of drug-likeness (QED) is 0.572. The monoisotopic (exact) mass is 155 g/mol. The molecule has 11 heavy (non-hydrogen) atoms. The topological polar surface area (TPSA) is 37.4 Å². The molecule has 0 bridgehead atoms. The normalized spacial score (nSPS) is 11.1. The molecule has 62 valence electrons. The largest absolute Gasteiger partial charge is 0.274 e. The Labute approximate surface area is 66.7 Å². The smallest absolute Gasteiger partial charge is 0.230 e. The van der Waals surface area contributed by atoms with Crippen LogP contribution in [-0.4, -0.2) is 16.7 Å². The van der Waals surface area contributed by atoms with Gasteiger partial charge >= 0.3 is 0 Å². The van der Waals surface area contributed by atoms with Crippen LogP contribution in [0.2, 0.25) is 0 Å². The van der Waals surface area contributed by atoms with E-state index in [0.717, 1.165) is 4.90 Å². The standard InChI is InChI=1S/C8H13NO2/c1-5-6(2)9(7(3)10)8(4)11/h5H,1-4H3/b6-5+. The number of carbonyl (C=O) groups excluding carboxylic acids is 2. The molecule has 0 spiro atoms. The van der Waals surface area contributed by atoms with Crippen LogP contribution in [0.25, 0.3) is 0 Å². The summed E-state index contributed by atoms with van der Waals surface area (Å²) in [6.45, 7) is 6.25. The molecule has 0 saturated carbocycles. The molecule has 0 radical (unpaired) electrons. The minimum Gasteiger partial charge on any atom is -0.274 e. The van der Waals surface area contributed by atoms with Crippen LogP contribution >= 0.6 is 0 Å². The first kappa shape index (κ1) is 9.88. The van der Waals surface area contributed by atoms with Crippen LogP contribution in [0.5, 0.6) is 0 Å². The minimum absolute atomic E-state index is 0.242. The van der Waals surface area contributed by atoms with Gasteiger partial charge in [-0.3, -0.25) is 14.5 Å². The number of allylic oxidation sites excluding steroid dienone is 2. The Balaban J connectivity index is 4.62. The Morgan fingerprint density at radius 2 is 1.45 bits per heavy atom. The van der Waals surface area contributed by atoms with E-state index in [1.807, 2.05) is 0 Å². The van der Waals surface area contributed by atoms with E-state index in [4.69, 9.17) is 0 Å². The molecule has 0 heterocycles. The lowest BCUT2D eigenvalue weighted by molar-refractivity contribution is -0.139. The summed E-state index contributed by atoms with van der Waals surface area (Å²) in [6.07, 6.45) is 1.72. The maximum Gasteiger partial charge on any atom is 0.230 e. The van der Waals surface area contributed by atoms with Gasteiger partial charge in [-0.1, -0.05) is 6.08 Å². The fraction of sp³-hybridized carbons (Fsp3) is 0.500. The molecular formula is C8H13NO2. The zero-order chi connectivity index (χ0) is 9.02. The highest BCUT2D eigenvalue weighted by Crippen LogP contribution is 2.03. The molecule has 0 aromatic carbocycles. The van der Waals surface area contributed by atoms with E-state index in [-0.39, 0.29) is 11.8 Å². The number of amides is 2. The molecule has 3 heteroatoms. The zero-order valence-electron chi connectivity index (χ0n) is 7.34. The van der Waals surface area contributed by atoms with Crippen LogP contribution in [0.1, 0.15) is 27.7 Å². The molecule has 0 N–H and O–H groups in total. The van der Waals surface area contributed by atoms with Crippen LogP contribution in [0, 0.1) is 0 Å². The van der Waals surface area contributed by atoms with Crippen molar-refractivity contribution in [3.8, 4) is 0 Å². The molecule has 0 aromatic rings. The number of rotatable bonds is 1. The van der Waals surface area contributed by atoms with Crippen molar-refractivity contribution in [2.24, 2.45) is 0 Å². The van der Waals surface area contributed by atoms with Gasteiger partial charge < -0.3 is 0 Å². The second-order valence-corrected chi connectivity index (χ2v) is 2.30. The average Bonchev–Trinajstić information content (AvgIpc) is 1.85. The second kappa shape index (κ2) is 3.91. The summed E-state index contributed by atoms with van der Waals surface area (Å²) in [5.41, 5.74) is 0.671. The van der Waals surface area contributed by atoms with Crippen LogP contribution < -0.4 is 0 Å². The summed E-state index contributed by atoms with van der Waals surface area (Å²) < 4.78 is 0. The SMILES string of the molecule is C/C=C(\C)N(C(C)=O)C(C)=O. The fourth-order valence-corrected chi connectivity index (χ4v) is 0.848. The first-order valence-corrected chi connectivity index (χ1v) is 3.45. The van der Waals surface area contributed by atoms with Crippen LogP contribution in [-0.2, 0) is 9.59 Å². The molecule has 0 rings (SSSR count). The van der Waals surface area contributed by atoms with Crippen molar-refractivity contribution in [3.63, 3.8) is 0 Å². The highest BCUT2D eigenvalue weighted by Gasteiger charge is 2.13. The molecule has 0 aliphatic heterocycles. The van der Waals surface area contributed by atoms with Gasteiger partial charge in [0.25, 0.3) is 0 Å². The van der Waals surface area contributed by atoms with E-state index < -0.39 is 0 Å². The Bertz CT molecular complexity index is 192. The summed E-state index contributed by atoms with van der Waals surface area (Å²) in [6, 6.07) is 0. The molecule has 3 nitrogen and oxygen atoms in total. The third-order valence-corrected chi connectivity index (χ3v) is 1.40. The summed E-state index contributed by atoms with van der Waals surface area (Å²) in [5.74, 6) is -0.485. The van der Waals surface area contributed by atoms with Crippen molar-refractivity contribution in [3.05, 3.63) is 11.8 Å². The van der Waals surface area contributed by atoms with Gasteiger partial charge in [-0.15, -0.1) is 0 Å². The Morgan fingerprint density at radius 1 is 1.09 bits per heavy atom. The van der Waals surface area contributed by atoms with Crippen LogP contribution in [0.3, 0.4) is 0 Å². The second-order valence-electron chi connectivity index (χ2n) is 2.30. The Morgan fingerprint density at radius 3 is 1.55 bits per heavy atom. The Kier molecular flexibility index (Phi) is 3.51. The van der Waals surface area contributed by atoms with Crippen molar-refractivity contribution >= 4 is 11.8 Å². The van der Waals surface area contributed by atoms with Crippen molar-refractivity contribution in [2.45, 2.75) is 27.7 Å². The number of imide groups is 1. The number of nitrogens with zero attached hydrogens (tertiary/aromatic N) is 1. The molecule has 0 unspecified atom stereocenters. The molecule has 0 saturated heterocycles. The summed E-state index contributed by atoms with van der Waals surface area (Å²) in [7, 11) is 0. The molecule has 0 aliphatic rings. The highest BCUT2D eigenvalue weighted by atomic mass is 16.2. The van der Waals surface area contributed by atoms with E-state index in [9.17, 15) is 9.59 Å². The third kappa shape index (κ3) is 2.53. The maximum atomic E-state index is 10.8. The van der Waals surface area contributed by atoms with Gasteiger partial charge in [0.1, 0.15) is 0 Å². The van der Waals surface area contributed by atoms with Gasteiger partial charge in [-0.25, -0.2) is 0 Å². The van der Waals surface area contributed by atoms with Gasteiger partial charge in [0.05, 0.1) is 0 Å². The molecular weight excluding hydrogens is 142 g/mol. The lowest BCUT2D eigenvalue weighted by Crippen LogP contribution is -2.31. The first-order valence-electron chi connectivity index (χ1n) is 3.45. The number of carbonyl (C=O) groups is 2. The molecule has 2 amide bonds. The third-order valence-electron chi connectivity index (χ3n) is 1.40. The van der Waals surface area contributed by atoms with Crippen LogP contribution in [0.4, 0.5) is 0 Å². The summed E-state index contributed by atoms with van der Waals surface area (Å²) >= 11 is 0. The summed E-state index contributed by atoms with van der Waals surface area (Å²) in [5, 5.41) is 0. The van der Waals surface area contributed by atoms with Gasteiger partial charge in [0.15, 0.2) is 0 Å².